The molecular formula is C33H32N6O5. The van der Waals surface area contributed by atoms with Crippen molar-refractivity contribution < 1.29 is 19.6 Å². The highest BCUT2D eigenvalue weighted by Gasteiger charge is 2.23. The number of urea groups is 1. The highest BCUT2D eigenvalue weighted by atomic mass is 16.6. The number of H-pyrrole nitrogens is 1. The number of nitrogens with one attached hydrogen (secondary N) is 3. The Hall–Kier alpha value is -5.29. The van der Waals surface area contributed by atoms with Crippen LogP contribution in [0.2, 0.25) is 0 Å². The number of nitro benzene ring substituents is 1. The molecule has 4 N–H and O–H groups in total. The zero-order chi connectivity index (χ0) is 30.6. The molecule has 0 unspecified atom stereocenters. The van der Waals surface area contributed by atoms with Crippen LogP contribution in [-0.2, 0) is 11.2 Å². The fourth-order valence-electron chi connectivity index (χ4n) is 5.73. The fraction of sp³-hybridized carbons (Fsp3) is 0.242. The van der Waals surface area contributed by atoms with Gasteiger partial charge in [0, 0.05) is 28.6 Å². The number of likely N-dealkylation sites (tertiary alicyclic amines) is 1. The maximum absolute atomic E-state index is 11.9. The maximum atomic E-state index is 11.9. The summed E-state index contributed by atoms with van der Waals surface area (Å²) in [6.07, 6.45) is 7.45. The standard InChI is InChI=1S/C33H32N6O5/c40-31-28(36-33(42)37-31)19-22-8-12-24(13-9-22)34-30(29-26-20-25(39(43)44)14-15-27(26)35-32(29)41)23-10-6-21(7-11-23)5-4-18-38-16-2-1-3-17-38/h6-15,19-20,35,41H,1-5,16-18H2,(H2,36,37,40,42). The summed E-state index contributed by atoms with van der Waals surface area (Å²) in [6, 6.07) is 18.9. The fourth-order valence-corrected chi connectivity index (χ4v) is 5.73. The van der Waals surface area contributed by atoms with Crippen LogP contribution in [0.25, 0.3) is 17.0 Å². The Morgan fingerprint density at radius 1 is 0.977 bits per heavy atom. The summed E-state index contributed by atoms with van der Waals surface area (Å²) in [7, 11) is 0. The number of nitro groups is 1. The SMILES string of the molecule is O=C1NC(=O)C(=Cc2ccc(N=C(c3ccc(CCCN4CCCCC4)cc3)c3c(O)[nH]c4ccc([N+](=O)[O-])cc34)cc2)N1. The minimum absolute atomic E-state index is 0.0958. The van der Waals surface area contributed by atoms with Crippen molar-refractivity contribution in [1.29, 1.82) is 0 Å². The Labute approximate surface area is 253 Å². The second kappa shape index (κ2) is 12.5. The minimum atomic E-state index is -0.570. The van der Waals surface area contributed by atoms with E-state index in [1.807, 2.05) is 12.1 Å². The summed E-state index contributed by atoms with van der Waals surface area (Å²) in [5, 5.41) is 27.7. The number of aromatic hydroxyl groups is 1. The lowest BCUT2D eigenvalue weighted by Gasteiger charge is -2.26. The van der Waals surface area contributed by atoms with Gasteiger partial charge in [-0.05, 0) is 80.7 Å². The van der Waals surface area contributed by atoms with E-state index in [1.165, 1.54) is 50.0 Å². The van der Waals surface area contributed by atoms with Crippen molar-refractivity contribution in [3.8, 4) is 5.88 Å². The molecular weight excluding hydrogens is 560 g/mol. The van der Waals surface area contributed by atoms with Crippen molar-refractivity contribution >= 4 is 46.0 Å². The average Bonchev–Trinajstić information content (AvgIpc) is 3.53. The van der Waals surface area contributed by atoms with Crippen LogP contribution in [0.5, 0.6) is 5.88 Å². The van der Waals surface area contributed by atoms with Gasteiger partial charge in [0.05, 0.1) is 21.9 Å². The van der Waals surface area contributed by atoms with Crippen LogP contribution in [0.4, 0.5) is 16.2 Å². The predicted octanol–water partition coefficient (Wildman–Crippen LogP) is 5.55. The molecule has 2 saturated heterocycles. The van der Waals surface area contributed by atoms with E-state index in [9.17, 15) is 24.8 Å². The number of hydrogen-bond acceptors (Lipinski definition) is 7. The summed E-state index contributed by atoms with van der Waals surface area (Å²) in [4.78, 5) is 44.8. The topological polar surface area (TPSA) is 153 Å². The molecule has 0 radical (unpaired) electrons. The number of aryl methyl sites for hydroxylation is 1. The normalized spacial score (nSPS) is 16.8. The molecule has 3 amide bonds. The molecule has 1 aromatic heterocycles. The van der Waals surface area contributed by atoms with Crippen LogP contribution >= 0.6 is 0 Å². The van der Waals surface area contributed by atoms with Gasteiger partial charge in [0.25, 0.3) is 11.6 Å². The van der Waals surface area contributed by atoms with E-state index in [4.69, 9.17) is 4.99 Å². The van der Waals surface area contributed by atoms with Crippen LogP contribution in [0.1, 0.15) is 47.9 Å². The van der Waals surface area contributed by atoms with Gasteiger partial charge in [-0.1, -0.05) is 42.8 Å². The smallest absolute Gasteiger partial charge is 0.326 e. The minimum Gasteiger partial charge on any atom is -0.494 e. The van der Waals surface area contributed by atoms with Crippen LogP contribution in [0.3, 0.4) is 0 Å². The first-order chi connectivity index (χ1) is 21.3. The molecule has 0 saturated carbocycles. The Balaban J connectivity index is 1.33. The molecule has 0 aliphatic carbocycles. The van der Waals surface area contributed by atoms with E-state index in [-0.39, 0.29) is 17.3 Å². The Bertz CT molecular complexity index is 1780. The molecule has 2 aliphatic rings. The number of carbonyl (C=O) groups excluding carboxylic acids is 2. The largest absolute Gasteiger partial charge is 0.494 e. The molecule has 0 spiro atoms. The highest BCUT2D eigenvalue weighted by molar-refractivity contribution is 6.22. The number of nitrogens with zero attached hydrogens (tertiary/aromatic N) is 3. The summed E-state index contributed by atoms with van der Waals surface area (Å²) in [5.74, 6) is -0.646. The number of aromatic amines is 1. The molecule has 0 atom stereocenters. The van der Waals surface area contributed by atoms with E-state index >= 15 is 0 Å². The van der Waals surface area contributed by atoms with Crippen molar-refractivity contribution in [2.24, 2.45) is 4.99 Å². The number of benzene rings is 3. The van der Waals surface area contributed by atoms with Gasteiger partial charge in [-0.15, -0.1) is 0 Å². The number of imide groups is 1. The van der Waals surface area contributed by atoms with E-state index in [1.54, 1.807) is 36.4 Å². The Kier molecular flexibility index (Phi) is 8.20. The summed E-state index contributed by atoms with van der Waals surface area (Å²) in [6.45, 7) is 3.44. The van der Waals surface area contributed by atoms with Gasteiger partial charge < -0.3 is 20.3 Å². The number of aromatic nitrogens is 1. The van der Waals surface area contributed by atoms with Crippen molar-refractivity contribution in [2.75, 3.05) is 19.6 Å². The molecule has 11 nitrogen and oxygen atoms in total. The lowest BCUT2D eigenvalue weighted by molar-refractivity contribution is -0.384. The number of rotatable bonds is 9. The number of aliphatic imine (C=N–C) groups is 1. The average molecular weight is 593 g/mol. The first-order valence-corrected chi connectivity index (χ1v) is 14.7. The van der Waals surface area contributed by atoms with Gasteiger partial charge in [0.1, 0.15) is 5.70 Å². The van der Waals surface area contributed by atoms with Gasteiger partial charge in [-0.25, -0.2) is 9.79 Å². The van der Waals surface area contributed by atoms with E-state index in [0.29, 0.717) is 33.4 Å². The molecule has 3 heterocycles. The molecule has 3 aromatic carbocycles. The second-order valence-corrected chi connectivity index (χ2v) is 11.1. The van der Waals surface area contributed by atoms with Gasteiger partial charge in [0.2, 0.25) is 0 Å². The van der Waals surface area contributed by atoms with Crippen LogP contribution in [-0.4, -0.2) is 57.2 Å². The number of fused-ring (bicyclic) bond motifs is 1. The number of non-ortho nitro benzene ring substituents is 1. The first kappa shape index (κ1) is 28.8. The van der Waals surface area contributed by atoms with Crippen molar-refractivity contribution in [3.05, 3.63) is 105 Å². The van der Waals surface area contributed by atoms with Crippen LogP contribution in [0, 0.1) is 10.1 Å². The third-order valence-electron chi connectivity index (χ3n) is 7.99. The molecule has 2 fully saturated rings. The van der Waals surface area contributed by atoms with Gasteiger partial charge in [-0.2, -0.15) is 0 Å². The van der Waals surface area contributed by atoms with Crippen LogP contribution < -0.4 is 10.6 Å². The molecule has 0 bridgehead atoms. The van der Waals surface area contributed by atoms with Crippen LogP contribution in [0.15, 0.2) is 77.4 Å². The quantitative estimate of drug-likeness (QED) is 0.0657. The van der Waals surface area contributed by atoms with E-state index in [0.717, 1.165) is 24.9 Å². The number of carbonyl (C=O) groups is 2. The Morgan fingerprint density at radius 3 is 2.41 bits per heavy atom. The van der Waals surface area contributed by atoms with Gasteiger partial charge >= 0.3 is 6.03 Å². The van der Waals surface area contributed by atoms with Crippen molar-refractivity contribution in [1.82, 2.24) is 20.5 Å². The van der Waals surface area contributed by atoms with Crippen molar-refractivity contribution in [3.63, 3.8) is 0 Å². The zero-order valence-corrected chi connectivity index (χ0v) is 24.0. The summed E-state index contributed by atoms with van der Waals surface area (Å²) < 4.78 is 0. The van der Waals surface area contributed by atoms with E-state index < -0.39 is 16.9 Å². The van der Waals surface area contributed by atoms with Gasteiger partial charge in [0.15, 0.2) is 5.88 Å². The predicted molar refractivity (Wildman–Crippen MR) is 168 cm³/mol. The lowest BCUT2D eigenvalue weighted by Crippen LogP contribution is -2.30. The highest BCUT2D eigenvalue weighted by Crippen LogP contribution is 2.34. The summed E-state index contributed by atoms with van der Waals surface area (Å²) >= 11 is 0. The number of piperidine rings is 1. The monoisotopic (exact) mass is 592 g/mol. The number of hydrogen-bond donors (Lipinski definition) is 4. The van der Waals surface area contributed by atoms with Gasteiger partial charge in [-0.3, -0.25) is 20.2 Å². The third-order valence-corrected chi connectivity index (χ3v) is 7.99. The molecule has 44 heavy (non-hydrogen) atoms. The Morgan fingerprint density at radius 2 is 1.73 bits per heavy atom. The zero-order valence-electron chi connectivity index (χ0n) is 24.0. The van der Waals surface area contributed by atoms with E-state index in [2.05, 4.69) is 32.7 Å². The second-order valence-electron chi connectivity index (χ2n) is 11.1. The molecule has 6 rings (SSSR count). The molecule has 11 heteroatoms. The number of amides is 3. The first-order valence-electron chi connectivity index (χ1n) is 14.7. The third kappa shape index (κ3) is 6.37. The summed E-state index contributed by atoms with van der Waals surface area (Å²) in [5.41, 5.74) is 4.58. The maximum Gasteiger partial charge on any atom is 0.326 e. The molecule has 2 aliphatic heterocycles. The molecule has 4 aromatic rings. The molecule has 224 valence electrons. The van der Waals surface area contributed by atoms with Crippen molar-refractivity contribution in [2.45, 2.75) is 32.1 Å². The lowest BCUT2D eigenvalue weighted by atomic mass is 9.98.